The summed E-state index contributed by atoms with van der Waals surface area (Å²) in [6.45, 7) is 5.09. The zero-order chi connectivity index (χ0) is 20.5. The van der Waals surface area contributed by atoms with Gasteiger partial charge in [-0.15, -0.1) is 11.3 Å². The van der Waals surface area contributed by atoms with Crippen molar-refractivity contribution in [2.75, 3.05) is 18.8 Å². The number of rotatable bonds is 4. The Morgan fingerprint density at radius 2 is 2.07 bits per heavy atom. The maximum absolute atomic E-state index is 13.6. The van der Waals surface area contributed by atoms with Crippen molar-refractivity contribution in [3.05, 3.63) is 46.0 Å². The minimum absolute atomic E-state index is 0.00885. The Kier molecular flexibility index (Phi) is 5.31. The predicted octanol–water partition coefficient (Wildman–Crippen LogP) is 2.62. The average Bonchev–Trinajstić information content (AvgIpc) is 3.20. The number of hydrogen-bond acceptors (Lipinski definition) is 6. The van der Waals surface area contributed by atoms with Crippen LogP contribution in [0.25, 0.3) is 11.4 Å². The van der Waals surface area contributed by atoms with Crippen LogP contribution in [-0.4, -0.2) is 43.6 Å². The van der Waals surface area contributed by atoms with E-state index < -0.39 is 0 Å². The highest BCUT2D eigenvalue weighted by Gasteiger charge is 2.22. The number of thiazole rings is 1. The summed E-state index contributed by atoms with van der Waals surface area (Å²) in [6, 6.07) is 4.80. The van der Waals surface area contributed by atoms with Crippen LogP contribution < -0.4 is 5.73 Å². The zero-order valence-electron chi connectivity index (χ0n) is 16.5. The van der Waals surface area contributed by atoms with Gasteiger partial charge in [0.1, 0.15) is 18.2 Å². The van der Waals surface area contributed by atoms with Crippen LogP contribution in [0.5, 0.6) is 0 Å². The van der Waals surface area contributed by atoms with Crippen LogP contribution in [0.15, 0.2) is 18.2 Å². The van der Waals surface area contributed by atoms with Gasteiger partial charge in [0.25, 0.3) is 0 Å². The molecular weight excluding hydrogens is 391 g/mol. The van der Waals surface area contributed by atoms with E-state index in [0.29, 0.717) is 42.5 Å². The average molecular weight is 415 g/mol. The molecule has 0 saturated carbocycles. The Morgan fingerprint density at radius 3 is 2.83 bits per heavy atom. The Labute approximate surface area is 172 Å². The first-order chi connectivity index (χ1) is 13.9. The van der Waals surface area contributed by atoms with Gasteiger partial charge in [-0.05, 0) is 30.7 Å². The fourth-order valence-corrected chi connectivity index (χ4v) is 4.40. The molecule has 0 unspecified atom stereocenters. The first-order valence-electron chi connectivity index (χ1n) is 9.66. The minimum Gasteiger partial charge on any atom is -0.375 e. The number of amides is 1. The van der Waals surface area contributed by atoms with Gasteiger partial charge in [-0.25, -0.2) is 19.0 Å². The summed E-state index contributed by atoms with van der Waals surface area (Å²) in [6.07, 6.45) is 2.14. The second-order valence-electron chi connectivity index (χ2n) is 7.13. The van der Waals surface area contributed by atoms with Gasteiger partial charge in [0.2, 0.25) is 5.91 Å². The molecule has 0 fully saturated rings. The molecule has 152 valence electrons. The van der Waals surface area contributed by atoms with E-state index in [-0.39, 0.29) is 18.3 Å². The maximum Gasteiger partial charge on any atom is 0.244 e. The summed E-state index contributed by atoms with van der Waals surface area (Å²) in [5, 5.41) is 5.12. The molecule has 29 heavy (non-hydrogen) atoms. The topological polar surface area (TPSA) is 89.9 Å². The highest BCUT2D eigenvalue weighted by molar-refractivity contribution is 7.15. The van der Waals surface area contributed by atoms with Gasteiger partial charge in [-0.2, -0.15) is 5.10 Å². The Bertz CT molecular complexity index is 1030. The van der Waals surface area contributed by atoms with Crippen molar-refractivity contribution in [3.8, 4) is 11.4 Å². The van der Waals surface area contributed by atoms with E-state index in [0.717, 1.165) is 23.5 Å². The summed E-state index contributed by atoms with van der Waals surface area (Å²) in [4.78, 5) is 24.9. The van der Waals surface area contributed by atoms with E-state index in [1.165, 1.54) is 22.3 Å². The largest absolute Gasteiger partial charge is 0.375 e. The molecule has 0 saturated heterocycles. The smallest absolute Gasteiger partial charge is 0.244 e. The first kappa shape index (κ1) is 19.5. The zero-order valence-corrected chi connectivity index (χ0v) is 17.3. The lowest BCUT2D eigenvalue weighted by Gasteiger charge is -2.20. The van der Waals surface area contributed by atoms with Crippen molar-refractivity contribution in [1.82, 2.24) is 24.6 Å². The van der Waals surface area contributed by atoms with E-state index in [2.05, 4.69) is 15.1 Å². The summed E-state index contributed by atoms with van der Waals surface area (Å²) < 4.78 is 15.2. The molecule has 3 aromatic rings. The van der Waals surface area contributed by atoms with Gasteiger partial charge in [-0.1, -0.05) is 6.92 Å². The maximum atomic E-state index is 13.6. The second-order valence-corrected chi connectivity index (χ2v) is 8.24. The molecule has 0 radical (unpaired) electrons. The second kappa shape index (κ2) is 7.90. The van der Waals surface area contributed by atoms with Crippen LogP contribution in [0.2, 0.25) is 0 Å². The Morgan fingerprint density at radius 1 is 1.28 bits per heavy atom. The Balaban J connectivity index is 1.50. The number of carbonyl (C=O) groups excluding carboxylic acids is 1. The van der Waals surface area contributed by atoms with Gasteiger partial charge in [0.05, 0.1) is 5.69 Å². The molecule has 0 bridgehead atoms. The monoisotopic (exact) mass is 414 g/mol. The van der Waals surface area contributed by atoms with Gasteiger partial charge in [-0.3, -0.25) is 4.79 Å². The fourth-order valence-electron chi connectivity index (χ4n) is 3.53. The van der Waals surface area contributed by atoms with Gasteiger partial charge in [0.15, 0.2) is 11.0 Å². The number of nitrogens with two attached hydrogens (primary N) is 1. The van der Waals surface area contributed by atoms with Gasteiger partial charge >= 0.3 is 0 Å². The molecule has 1 aromatic carbocycles. The van der Waals surface area contributed by atoms with Crippen molar-refractivity contribution in [3.63, 3.8) is 0 Å². The van der Waals surface area contributed by atoms with E-state index in [1.54, 1.807) is 23.7 Å². The number of anilines is 1. The third kappa shape index (κ3) is 4.00. The summed E-state index contributed by atoms with van der Waals surface area (Å²) in [5.74, 6) is 0.994. The normalized spacial score (nSPS) is 14.0. The first-order valence-corrected chi connectivity index (χ1v) is 10.5. The van der Waals surface area contributed by atoms with E-state index in [1.807, 2.05) is 11.8 Å². The lowest BCUT2D eigenvalue weighted by atomic mass is 10.1. The molecule has 1 aliphatic rings. The standard InChI is InChI=1S/C20H23FN6OS/c1-3-17-24-19(13-4-5-14(21)12(2)10-13)25-27(17)11-18(28)26-8-6-15-16(7-9-26)29-20(22)23-15/h4-5,10H,3,6-9,11H2,1-2H3,(H2,22,23). The molecule has 7 nitrogen and oxygen atoms in total. The molecule has 2 N–H and O–H groups in total. The molecule has 0 spiro atoms. The number of aromatic nitrogens is 4. The highest BCUT2D eigenvalue weighted by Crippen LogP contribution is 2.24. The Hall–Kier alpha value is -2.81. The van der Waals surface area contributed by atoms with Crippen molar-refractivity contribution in [1.29, 1.82) is 0 Å². The molecule has 2 aromatic heterocycles. The number of halogens is 1. The van der Waals surface area contributed by atoms with Crippen LogP contribution in [-0.2, 0) is 30.6 Å². The fraction of sp³-hybridized carbons (Fsp3) is 0.400. The van der Waals surface area contributed by atoms with Crippen molar-refractivity contribution >= 4 is 22.4 Å². The molecular formula is C20H23FN6OS. The summed E-state index contributed by atoms with van der Waals surface area (Å²) in [5.41, 5.74) is 8.08. The number of benzene rings is 1. The van der Waals surface area contributed by atoms with E-state index in [9.17, 15) is 9.18 Å². The molecule has 0 aliphatic carbocycles. The van der Waals surface area contributed by atoms with Crippen molar-refractivity contribution < 1.29 is 9.18 Å². The molecule has 1 aliphatic heterocycles. The predicted molar refractivity (Wildman–Crippen MR) is 110 cm³/mol. The lowest BCUT2D eigenvalue weighted by molar-refractivity contribution is -0.132. The minimum atomic E-state index is -0.259. The summed E-state index contributed by atoms with van der Waals surface area (Å²) in [7, 11) is 0. The molecule has 9 heteroatoms. The number of carbonyl (C=O) groups is 1. The number of nitrogens with zero attached hydrogens (tertiary/aromatic N) is 5. The molecule has 3 heterocycles. The molecule has 4 rings (SSSR count). The van der Waals surface area contributed by atoms with Crippen LogP contribution >= 0.6 is 11.3 Å². The highest BCUT2D eigenvalue weighted by atomic mass is 32.1. The SMILES string of the molecule is CCc1nc(-c2ccc(F)c(C)c2)nn1CC(=O)N1CCc2nc(N)sc2CC1. The molecule has 0 atom stereocenters. The van der Waals surface area contributed by atoms with Crippen molar-refractivity contribution in [2.45, 2.75) is 39.7 Å². The lowest BCUT2D eigenvalue weighted by Crippen LogP contribution is -2.36. The van der Waals surface area contributed by atoms with Crippen LogP contribution in [0.3, 0.4) is 0 Å². The number of hydrogen-bond donors (Lipinski definition) is 1. The quantitative estimate of drug-likeness (QED) is 0.709. The molecule has 1 amide bonds. The van der Waals surface area contributed by atoms with Crippen LogP contribution in [0, 0.1) is 12.7 Å². The summed E-state index contributed by atoms with van der Waals surface area (Å²) >= 11 is 1.50. The number of aryl methyl sites for hydroxylation is 2. The van der Waals surface area contributed by atoms with E-state index in [4.69, 9.17) is 5.73 Å². The third-order valence-corrected chi connectivity index (χ3v) is 6.13. The van der Waals surface area contributed by atoms with Crippen LogP contribution in [0.4, 0.5) is 9.52 Å². The van der Waals surface area contributed by atoms with E-state index >= 15 is 0 Å². The number of fused-ring (bicyclic) bond motifs is 1. The number of nitrogen functional groups attached to an aromatic ring is 1. The van der Waals surface area contributed by atoms with Crippen molar-refractivity contribution in [2.24, 2.45) is 0 Å². The van der Waals surface area contributed by atoms with Crippen LogP contribution in [0.1, 0.15) is 28.9 Å². The van der Waals surface area contributed by atoms with Gasteiger partial charge in [0, 0.05) is 42.8 Å². The van der Waals surface area contributed by atoms with Gasteiger partial charge < -0.3 is 10.6 Å². The third-order valence-electron chi connectivity index (χ3n) is 5.14.